The second kappa shape index (κ2) is 6.01. The number of rotatable bonds is 5. The zero-order valence-corrected chi connectivity index (χ0v) is 10.1. The van der Waals surface area contributed by atoms with Gasteiger partial charge in [0.15, 0.2) is 0 Å². The summed E-state index contributed by atoms with van der Waals surface area (Å²) in [6.45, 7) is 3.32. The number of aromatic nitrogens is 2. The average Bonchev–Trinajstić information content (AvgIpc) is 2.76. The quantitative estimate of drug-likeness (QED) is 0.782. The van der Waals surface area contributed by atoms with Crippen molar-refractivity contribution in [3.8, 4) is 6.07 Å². The van der Waals surface area contributed by atoms with Crippen molar-refractivity contribution in [3.63, 3.8) is 0 Å². The van der Waals surface area contributed by atoms with Gasteiger partial charge in [-0.25, -0.2) is 4.98 Å². The summed E-state index contributed by atoms with van der Waals surface area (Å²) in [5.74, 6) is -0.363. The molecule has 0 aliphatic carbocycles. The minimum Gasteiger partial charge on any atom is -0.339 e. The van der Waals surface area contributed by atoms with Gasteiger partial charge in [0.2, 0.25) is 0 Å². The molecule has 0 saturated heterocycles. The molecule has 0 aliphatic heterocycles. The molecule has 1 atom stereocenters. The van der Waals surface area contributed by atoms with E-state index < -0.39 is 0 Å². The molecule has 1 aromatic heterocycles. The van der Waals surface area contributed by atoms with Gasteiger partial charge < -0.3 is 15.2 Å². The van der Waals surface area contributed by atoms with E-state index in [4.69, 9.17) is 11.0 Å². The van der Waals surface area contributed by atoms with E-state index in [1.807, 2.05) is 0 Å². The summed E-state index contributed by atoms with van der Waals surface area (Å²) < 4.78 is 1.77. The van der Waals surface area contributed by atoms with Crippen molar-refractivity contribution >= 4 is 5.91 Å². The van der Waals surface area contributed by atoms with Crippen LogP contribution in [0.15, 0.2) is 12.5 Å². The molecule has 1 heterocycles. The molecule has 6 heteroatoms. The molecule has 92 valence electrons. The topological polar surface area (TPSA) is 87.9 Å². The summed E-state index contributed by atoms with van der Waals surface area (Å²) in [4.78, 5) is 17.4. The summed E-state index contributed by atoms with van der Waals surface area (Å²) in [5, 5.41) is 8.69. The van der Waals surface area contributed by atoms with Crippen LogP contribution in [0.4, 0.5) is 0 Å². The van der Waals surface area contributed by atoms with Gasteiger partial charge in [-0.3, -0.25) is 4.79 Å². The average molecular weight is 235 g/mol. The summed E-state index contributed by atoms with van der Waals surface area (Å²) in [6.07, 6.45) is 3.25. The first kappa shape index (κ1) is 13.2. The first-order valence-electron chi connectivity index (χ1n) is 5.45. The number of nitrogens with two attached hydrogens (primary N) is 1. The number of amides is 1. The van der Waals surface area contributed by atoms with Crippen LogP contribution < -0.4 is 5.73 Å². The van der Waals surface area contributed by atoms with Crippen molar-refractivity contribution in [2.24, 2.45) is 11.7 Å². The molecule has 0 radical (unpaired) electrons. The molecule has 0 aromatic carbocycles. The van der Waals surface area contributed by atoms with Gasteiger partial charge in [0.25, 0.3) is 5.91 Å². The maximum Gasteiger partial charge on any atom is 0.273 e. The molecule has 1 rings (SSSR count). The predicted molar refractivity (Wildman–Crippen MR) is 63.0 cm³/mol. The van der Waals surface area contributed by atoms with E-state index in [1.165, 1.54) is 4.90 Å². The van der Waals surface area contributed by atoms with Gasteiger partial charge in [-0.2, -0.15) is 5.26 Å². The van der Waals surface area contributed by atoms with E-state index in [9.17, 15) is 4.79 Å². The lowest BCUT2D eigenvalue weighted by Gasteiger charge is -2.16. The minimum atomic E-state index is -0.185. The van der Waals surface area contributed by atoms with Gasteiger partial charge in [0, 0.05) is 32.9 Å². The summed E-state index contributed by atoms with van der Waals surface area (Å²) in [5.41, 5.74) is 5.79. The fourth-order valence-corrected chi connectivity index (χ4v) is 1.47. The highest BCUT2D eigenvalue weighted by Crippen LogP contribution is 2.03. The Kier molecular flexibility index (Phi) is 4.67. The second-order valence-electron chi connectivity index (χ2n) is 4.00. The van der Waals surface area contributed by atoms with Crippen molar-refractivity contribution in [2.45, 2.75) is 13.5 Å². The third-order valence-corrected chi connectivity index (χ3v) is 2.35. The van der Waals surface area contributed by atoms with Crippen molar-refractivity contribution in [2.75, 3.05) is 20.1 Å². The molecule has 0 saturated carbocycles. The van der Waals surface area contributed by atoms with Crippen LogP contribution in [-0.2, 0) is 6.54 Å². The molecule has 1 unspecified atom stereocenters. The molecule has 2 N–H and O–H groups in total. The van der Waals surface area contributed by atoms with E-state index in [-0.39, 0.29) is 11.8 Å². The number of nitriles is 1. The maximum atomic E-state index is 11.9. The van der Waals surface area contributed by atoms with E-state index in [0.29, 0.717) is 25.3 Å². The smallest absolute Gasteiger partial charge is 0.273 e. The van der Waals surface area contributed by atoms with E-state index in [2.05, 4.69) is 11.1 Å². The molecule has 1 aromatic rings. The Balaban J connectivity index is 2.65. The van der Waals surface area contributed by atoms with Crippen molar-refractivity contribution in [1.29, 1.82) is 5.26 Å². The molecular formula is C11H17N5O. The Labute approximate surface area is 101 Å². The largest absolute Gasteiger partial charge is 0.339 e. The normalized spacial score (nSPS) is 11.9. The molecule has 0 spiro atoms. The molecule has 0 aliphatic rings. The van der Waals surface area contributed by atoms with E-state index in [0.717, 1.165) is 0 Å². The van der Waals surface area contributed by atoms with E-state index in [1.54, 1.807) is 31.1 Å². The van der Waals surface area contributed by atoms with E-state index >= 15 is 0 Å². The molecule has 1 amide bonds. The van der Waals surface area contributed by atoms with Crippen LogP contribution in [0.5, 0.6) is 0 Å². The predicted octanol–water partition coefficient (Wildman–Crippen LogP) is 0.0735. The van der Waals surface area contributed by atoms with Crippen LogP contribution in [0.3, 0.4) is 0 Å². The van der Waals surface area contributed by atoms with Crippen LogP contribution in [0, 0.1) is 17.2 Å². The van der Waals surface area contributed by atoms with Crippen LogP contribution >= 0.6 is 0 Å². The standard InChI is InChI=1S/C11H17N5O/c1-9(5-13)6-15(2)11(17)10-7-16(4-3-12)8-14-10/h7-9H,3-4,6,12H2,1-2H3. The van der Waals surface area contributed by atoms with Crippen molar-refractivity contribution < 1.29 is 4.79 Å². The molecule has 17 heavy (non-hydrogen) atoms. The third-order valence-electron chi connectivity index (χ3n) is 2.35. The van der Waals surface area contributed by atoms with Crippen LogP contribution in [0.25, 0.3) is 0 Å². The molecule has 0 bridgehead atoms. The third kappa shape index (κ3) is 3.57. The first-order chi connectivity index (χ1) is 8.08. The van der Waals surface area contributed by atoms with Crippen molar-refractivity contribution in [3.05, 3.63) is 18.2 Å². The number of carbonyl (C=O) groups is 1. The lowest BCUT2D eigenvalue weighted by Crippen LogP contribution is -2.30. The van der Waals surface area contributed by atoms with Gasteiger partial charge in [-0.15, -0.1) is 0 Å². The lowest BCUT2D eigenvalue weighted by molar-refractivity contribution is 0.0779. The number of hydrogen-bond acceptors (Lipinski definition) is 4. The fraction of sp³-hybridized carbons (Fsp3) is 0.545. The summed E-state index contributed by atoms with van der Waals surface area (Å²) in [6, 6.07) is 2.09. The van der Waals surface area contributed by atoms with Crippen LogP contribution in [0.2, 0.25) is 0 Å². The van der Waals surface area contributed by atoms with Gasteiger partial charge >= 0.3 is 0 Å². The second-order valence-corrected chi connectivity index (χ2v) is 4.00. The Hall–Kier alpha value is -1.87. The van der Waals surface area contributed by atoms with Gasteiger partial charge in [0.1, 0.15) is 5.69 Å². The summed E-state index contributed by atoms with van der Waals surface area (Å²) in [7, 11) is 1.66. The van der Waals surface area contributed by atoms with Crippen LogP contribution in [-0.4, -0.2) is 40.5 Å². The Bertz CT molecular complexity index is 420. The number of hydrogen-bond donors (Lipinski definition) is 1. The molecule has 0 fully saturated rings. The fourth-order valence-electron chi connectivity index (χ4n) is 1.47. The Morgan fingerprint density at radius 2 is 2.47 bits per heavy atom. The van der Waals surface area contributed by atoms with Crippen molar-refractivity contribution in [1.82, 2.24) is 14.5 Å². The Morgan fingerprint density at radius 1 is 1.76 bits per heavy atom. The van der Waals surface area contributed by atoms with Crippen LogP contribution in [0.1, 0.15) is 17.4 Å². The number of carbonyl (C=O) groups excluding carboxylic acids is 1. The lowest BCUT2D eigenvalue weighted by atomic mass is 10.2. The first-order valence-corrected chi connectivity index (χ1v) is 5.45. The van der Waals surface area contributed by atoms with Gasteiger partial charge in [-0.1, -0.05) is 0 Å². The molecular weight excluding hydrogens is 218 g/mol. The maximum absolute atomic E-state index is 11.9. The highest BCUT2D eigenvalue weighted by Gasteiger charge is 2.16. The van der Waals surface area contributed by atoms with Gasteiger partial charge in [-0.05, 0) is 6.92 Å². The highest BCUT2D eigenvalue weighted by molar-refractivity contribution is 5.91. The monoisotopic (exact) mass is 235 g/mol. The zero-order chi connectivity index (χ0) is 12.8. The Morgan fingerprint density at radius 3 is 3.06 bits per heavy atom. The number of nitrogens with zero attached hydrogens (tertiary/aromatic N) is 4. The SMILES string of the molecule is CC(C#N)CN(C)C(=O)c1cn(CCN)cn1. The zero-order valence-electron chi connectivity index (χ0n) is 10.1. The number of imidazole rings is 1. The highest BCUT2D eigenvalue weighted by atomic mass is 16.2. The minimum absolute atomic E-state index is 0.178. The molecule has 6 nitrogen and oxygen atoms in total. The summed E-state index contributed by atoms with van der Waals surface area (Å²) >= 11 is 0. The van der Waals surface area contributed by atoms with Gasteiger partial charge in [0.05, 0.1) is 18.3 Å².